The molecule has 0 aliphatic carbocycles. The Bertz CT molecular complexity index is 234. The number of unbranched alkanes of at least 4 members (excludes halogenated alkanes) is 1. The highest BCUT2D eigenvalue weighted by Crippen LogP contribution is 2.17. The number of aliphatic hydroxyl groups excluding tert-OH is 1. The first kappa shape index (κ1) is 16.2. The van der Waals surface area contributed by atoms with E-state index in [1.165, 1.54) is 0 Å². The zero-order valence-electron chi connectivity index (χ0n) is 9.83. The van der Waals surface area contributed by atoms with Gasteiger partial charge in [-0.05, 0) is 6.42 Å². The number of halogens is 3. The van der Waals surface area contributed by atoms with E-state index in [2.05, 4.69) is 0 Å². The van der Waals surface area contributed by atoms with Gasteiger partial charge in [-0.3, -0.25) is 4.79 Å². The average Bonchev–Trinajstić information content (AvgIpc) is 2.22. The van der Waals surface area contributed by atoms with Crippen molar-refractivity contribution in [1.82, 2.24) is 4.90 Å². The minimum atomic E-state index is -4.48. The topological polar surface area (TPSA) is 66.6 Å². The highest BCUT2D eigenvalue weighted by molar-refractivity contribution is 5.81. The number of hydrogen-bond acceptors (Lipinski definition) is 3. The lowest BCUT2D eigenvalue weighted by atomic mass is 10.1. The lowest BCUT2D eigenvalue weighted by molar-refractivity contribution is -0.162. The number of amides is 1. The first-order valence-electron chi connectivity index (χ1n) is 5.53. The van der Waals surface area contributed by atoms with Crippen LogP contribution in [0.5, 0.6) is 0 Å². The third-order valence-corrected chi connectivity index (χ3v) is 2.24. The van der Waals surface area contributed by atoms with Gasteiger partial charge in [0, 0.05) is 6.54 Å². The van der Waals surface area contributed by atoms with E-state index in [0.29, 0.717) is 17.7 Å². The van der Waals surface area contributed by atoms with Gasteiger partial charge in [0.25, 0.3) is 0 Å². The predicted molar refractivity (Wildman–Crippen MR) is 57.2 cm³/mol. The second kappa shape index (κ2) is 7.50. The zero-order valence-corrected chi connectivity index (χ0v) is 9.83. The number of rotatable bonds is 7. The molecule has 7 heteroatoms. The van der Waals surface area contributed by atoms with Crippen molar-refractivity contribution in [3.8, 4) is 0 Å². The van der Waals surface area contributed by atoms with Gasteiger partial charge in [-0.25, -0.2) is 0 Å². The van der Waals surface area contributed by atoms with Crippen LogP contribution < -0.4 is 5.73 Å². The van der Waals surface area contributed by atoms with Crippen LogP contribution in [0.1, 0.15) is 26.2 Å². The first-order valence-corrected chi connectivity index (χ1v) is 5.53. The number of carbonyl (C=O) groups is 1. The molecule has 0 bridgehead atoms. The molecule has 17 heavy (non-hydrogen) atoms. The van der Waals surface area contributed by atoms with Crippen LogP contribution in [0.3, 0.4) is 0 Å². The van der Waals surface area contributed by atoms with Gasteiger partial charge < -0.3 is 15.7 Å². The summed E-state index contributed by atoms with van der Waals surface area (Å²) in [7, 11) is 0. The van der Waals surface area contributed by atoms with Crippen LogP contribution in [0.2, 0.25) is 0 Å². The smallest absolute Gasteiger partial charge is 0.395 e. The van der Waals surface area contributed by atoms with E-state index < -0.39 is 31.3 Å². The minimum absolute atomic E-state index is 0.349. The molecule has 0 aliphatic heterocycles. The number of aliphatic hydroxyl groups is 1. The summed E-state index contributed by atoms with van der Waals surface area (Å²) in [4.78, 5) is 12.2. The van der Waals surface area contributed by atoms with Gasteiger partial charge in [-0.2, -0.15) is 13.2 Å². The van der Waals surface area contributed by atoms with Crippen LogP contribution in [-0.4, -0.2) is 47.8 Å². The van der Waals surface area contributed by atoms with Gasteiger partial charge in [0.15, 0.2) is 0 Å². The molecule has 0 aromatic carbocycles. The van der Waals surface area contributed by atoms with Crippen LogP contribution in [0.15, 0.2) is 0 Å². The average molecular weight is 256 g/mol. The van der Waals surface area contributed by atoms with Crippen molar-refractivity contribution >= 4 is 5.91 Å². The van der Waals surface area contributed by atoms with Gasteiger partial charge in [0.05, 0.1) is 12.6 Å². The zero-order chi connectivity index (χ0) is 13.5. The quantitative estimate of drug-likeness (QED) is 0.711. The third-order valence-electron chi connectivity index (χ3n) is 2.24. The second-order valence-corrected chi connectivity index (χ2v) is 3.85. The van der Waals surface area contributed by atoms with Gasteiger partial charge in [0.1, 0.15) is 6.54 Å². The molecule has 0 spiro atoms. The van der Waals surface area contributed by atoms with E-state index in [-0.39, 0.29) is 6.54 Å². The van der Waals surface area contributed by atoms with Crippen molar-refractivity contribution in [1.29, 1.82) is 0 Å². The van der Waals surface area contributed by atoms with Crippen LogP contribution in [0, 0.1) is 0 Å². The Kier molecular flexibility index (Phi) is 7.13. The van der Waals surface area contributed by atoms with E-state index in [1.807, 2.05) is 6.92 Å². The second-order valence-electron chi connectivity index (χ2n) is 3.85. The minimum Gasteiger partial charge on any atom is -0.395 e. The fourth-order valence-electron chi connectivity index (χ4n) is 1.39. The Hall–Kier alpha value is -0.820. The number of carbonyl (C=O) groups excluding carboxylic acids is 1. The van der Waals surface area contributed by atoms with Gasteiger partial charge in [-0.15, -0.1) is 0 Å². The Balaban J connectivity index is 4.42. The van der Waals surface area contributed by atoms with Crippen molar-refractivity contribution in [2.45, 2.75) is 38.4 Å². The fraction of sp³-hybridized carbons (Fsp3) is 0.900. The molecule has 1 atom stereocenters. The van der Waals surface area contributed by atoms with E-state index in [4.69, 9.17) is 10.8 Å². The van der Waals surface area contributed by atoms with Gasteiger partial charge in [-0.1, -0.05) is 19.8 Å². The van der Waals surface area contributed by atoms with Crippen LogP contribution in [0.25, 0.3) is 0 Å². The molecule has 0 unspecified atom stereocenters. The van der Waals surface area contributed by atoms with Crippen LogP contribution in [0.4, 0.5) is 13.2 Å². The highest BCUT2D eigenvalue weighted by atomic mass is 19.4. The van der Waals surface area contributed by atoms with Gasteiger partial charge in [0.2, 0.25) is 5.91 Å². The summed E-state index contributed by atoms with van der Waals surface area (Å²) >= 11 is 0. The predicted octanol–water partition coefficient (Wildman–Crippen LogP) is 0.887. The van der Waals surface area contributed by atoms with Crippen LogP contribution >= 0.6 is 0 Å². The number of hydrogen-bond donors (Lipinski definition) is 2. The van der Waals surface area contributed by atoms with Crippen molar-refractivity contribution in [3.63, 3.8) is 0 Å². The molecule has 0 aliphatic rings. The third kappa shape index (κ3) is 7.17. The Morgan fingerprint density at radius 3 is 2.47 bits per heavy atom. The normalized spacial score (nSPS) is 13.5. The summed E-state index contributed by atoms with van der Waals surface area (Å²) in [5, 5.41) is 8.64. The Morgan fingerprint density at radius 1 is 1.47 bits per heavy atom. The lowest BCUT2D eigenvalue weighted by Gasteiger charge is -2.25. The highest BCUT2D eigenvalue weighted by Gasteiger charge is 2.34. The molecule has 0 fully saturated rings. The molecule has 0 aromatic rings. The number of nitrogens with two attached hydrogens (primary N) is 1. The molecule has 0 saturated heterocycles. The van der Waals surface area contributed by atoms with Crippen molar-refractivity contribution in [3.05, 3.63) is 0 Å². The molecule has 0 heterocycles. The van der Waals surface area contributed by atoms with Crippen molar-refractivity contribution in [2.75, 3.05) is 19.7 Å². The van der Waals surface area contributed by atoms with E-state index in [9.17, 15) is 18.0 Å². The Morgan fingerprint density at radius 2 is 2.06 bits per heavy atom. The molecule has 0 rings (SSSR count). The standard InChI is InChI=1S/C10H19F3N2O2/c1-2-3-4-8(14)9(17)15(5-6-16)7-10(11,12)13/h8,16H,2-7,14H2,1H3/t8-/m0/s1. The van der Waals surface area contributed by atoms with Gasteiger partial charge >= 0.3 is 6.18 Å². The summed E-state index contributed by atoms with van der Waals surface area (Å²) in [5.41, 5.74) is 5.51. The maximum atomic E-state index is 12.2. The monoisotopic (exact) mass is 256 g/mol. The first-order chi connectivity index (χ1) is 7.81. The van der Waals surface area contributed by atoms with Crippen molar-refractivity contribution in [2.24, 2.45) is 5.73 Å². The van der Waals surface area contributed by atoms with E-state index in [1.54, 1.807) is 0 Å². The summed E-state index contributed by atoms with van der Waals surface area (Å²) in [5.74, 6) is -0.759. The Labute approximate surface area is 98.6 Å². The summed E-state index contributed by atoms with van der Waals surface area (Å²) in [6, 6.07) is -0.927. The number of alkyl halides is 3. The maximum absolute atomic E-state index is 12.2. The molecule has 102 valence electrons. The lowest BCUT2D eigenvalue weighted by Crippen LogP contribution is -2.48. The summed E-state index contributed by atoms with van der Waals surface area (Å²) in [6.07, 6.45) is -2.61. The fourth-order valence-corrected chi connectivity index (χ4v) is 1.39. The summed E-state index contributed by atoms with van der Waals surface area (Å²) < 4.78 is 36.6. The van der Waals surface area contributed by atoms with E-state index >= 15 is 0 Å². The molecule has 1 amide bonds. The molecule has 3 N–H and O–H groups in total. The van der Waals surface area contributed by atoms with E-state index in [0.717, 1.165) is 6.42 Å². The van der Waals surface area contributed by atoms with Crippen LogP contribution in [-0.2, 0) is 4.79 Å². The molecular weight excluding hydrogens is 237 g/mol. The SMILES string of the molecule is CCCC[C@H](N)C(=O)N(CCO)CC(F)(F)F. The number of nitrogens with zero attached hydrogens (tertiary/aromatic N) is 1. The molecule has 0 saturated carbocycles. The molecular formula is C10H19F3N2O2. The molecule has 0 radical (unpaired) electrons. The largest absolute Gasteiger partial charge is 0.406 e. The van der Waals surface area contributed by atoms with Crippen molar-refractivity contribution < 1.29 is 23.1 Å². The molecule has 0 aromatic heterocycles. The summed E-state index contributed by atoms with van der Waals surface area (Å²) in [6.45, 7) is -0.328. The maximum Gasteiger partial charge on any atom is 0.406 e. The molecule has 4 nitrogen and oxygen atoms in total.